The molecule has 2 aromatic carbocycles. The van der Waals surface area contributed by atoms with Crippen molar-refractivity contribution in [1.29, 1.82) is 0 Å². The van der Waals surface area contributed by atoms with Crippen molar-refractivity contribution in [3.63, 3.8) is 0 Å². The van der Waals surface area contributed by atoms with Crippen molar-refractivity contribution >= 4 is 34.8 Å². The lowest BCUT2D eigenvalue weighted by molar-refractivity contribution is -0.136. The second kappa shape index (κ2) is 9.91. The molecule has 3 amide bonds. The van der Waals surface area contributed by atoms with Crippen LogP contribution in [-0.2, 0) is 27.2 Å². The average Bonchev–Trinajstić information content (AvgIpc) is 2.74. The van der Waals surface area contributed by atoms with Gasteiger partial charge < -0.3 is 20.9 Å². The van der Waals surface area contributed by atoms with Crippen molar-refractivity contribution in [1.82, 2.24) is 5.32 Å². The van der Waals surface area contributed by atoms with E-state index >= 15 is 0 Å². The van der Waals surface area contributed by atoms with Crippen LogP contribution < -0.4 is 20.9 Å². The predicted molar refractivity (Wildman–Crippen MR) is 119 cm³/mol. The minimum absolute atomic E-state index is 0.173. The third-order valence-corrected chi connectivity index (χ3v) is 5.11. The van der Waals surface area contributed by atoms with Crippen molar-refractivity contribution in [2.75, 3.05) is 35.2 Å². The van der Waals surface area contributed by atoms with Crippen LogP contribution in [-0.4, -0.2) is 37.4 Å². The first-order valence-electron chi connectivity index (χ1n) is 10.3. The van der Waals surface area contributed by atoms with Crippen LogP contribution in [0.1, 0.15) is 31.4 Å². The van der Waals surface area contributed by atoms with Gasteiger partial charge >= 0.3 is 11.8 Å². The van der Waals surface area contributed by atoms with Crippen molar-refractivity contribution in [2.45, 2.75) is 33.1 Å². The van der Waals surface area contributed by atoms with Crippen LogP contribution >= 0.6 is 0 Å². The maximum Gasteiger partial charge on any atom is 0.313 e. The van der Waals surface area contributed by atoms with E-state index in [0.29, 0.717) is 24.3 Å². The number of aryl methyl sites for hydroxylation is 1. The highest BCUT2D eigenvalue weighted by atomic mass is 16.2. The molecule has 158 valence electrons. The van der Waals surface area contributed by atoms with Gasteiger partial charge in [-0.1, -0.05) is 12.1 Å². The van der Waals surface area contributed by atoms with Crippen molar-refractivity contribution in [3.05, 3.63) is 53.6 Å². The highest BCUT2D eigenvalue weighted by Gasteiger charge is 2.16. The molecule has 0 aromatic heterocycles. The van der Waals surface area contributed by atoms with E-state index in [1.807, 2.05) is 0 Å². The molecule has 1 aliphatic heterocycles. The van der Waals surface area contributed by atoms with Crippen LogP contribution in [0.5, 0.6) is 0 Å². The highest BCUT2D eigenvalue weighted by molar-refractivity contribution is 6.39. The Morgan fingerprint density at radius 1 is 0.967 bits per heavy atom. The number of carbonyl (C=O) groups excluding carboxylic acids is 3. The molecule has 0 saturated carbocycles. The number of anilines is 3. The summed E-state index contributed by atoms with van der Waals surface area (Å²) in [6, 6.07) is 13.0. The zero-order valence-electron chi connectivity index (χ0n) is 17.5. The zero-order valence-corrected chi connectivity index (χ0v) is 17.5. The minimum Gasteiger partial charge on any atom is -0.372 e. The molecule has 7 heteroatoms. The molecule has 0 saturated heterocycles. The molecule has 0 spiro atoms. The summed E-state index contributed by atoms with van der Waals surface area (Å²) in [5.41, 5.74) is 4.92. The summed E-state index contributed by atoms with van der Waals surface area (Å²) >= 11 is 0. The van der Waals surface area contributed by atoms with Gasteiger partial charge in [0.25, 0.3) is 0 Å². The maximum atomic E-state index is 12.1. The number of nitrogens with one attached hydrogen (secondary N) is 3. The Morgan fingerprint density at radius 3 is 2.33 bits per heavy atom. The van der Waals surface area contributed by atoms with E-state index in [2.05, 4.69) is 46.0 Å². The van der Waals surface area contributed by atoms with Gasteiger partial charge in [-0.05, 0) is 67.6 Å². The SMILES string of the molecule is CCN1CCCc2cc(CCNC(=O)C(=O)Nc3ccc(NC(C)=O)cc3)ccc21. The van der Waals surface area contributed by atoms with Gasteiger partial charge in [0.2, 0.25) is 5.91 Å². The van der Waals surface area contributed by atoms with Crippen molar-refractivity contribution < 1.29 is 14.4 Å². The molecule has 30 heavy (non-hydrogen) atoms. The summed E-state index contributed by atoms with van der Waals surface area (Å²) in [6.45, 7) is 6.09. The number of nitrogens with zero attached hydrogens (tertiary/aromatic N) is 1. The van der Waals surface area contributed by atoms with Gasteiger partial charge in [0.1, 0.15) is 0 Å². The molecule has 7 nitrogen and oxygen atoms in total. The normalized spacial score (nSPS) is 12.7. The van der Waals surface area contributed by atoms with Gasteiger partial charge in [-0.2, -0.15) is 0 Å². The molecule has 0 atom stereocenters. The number of fused-ring (bicyclic) bond motifs is 1. The molecule has 0 unspecified atom stereocenters. The summed E-state index contributed by atoms with van der Waals surface area (Å²) < 4.78 is 0. The first-order valence-corrected chi connectivity index (χ1v) is 10.3. The minimum atomic E-state index is -0.716. The summed E-state index contributed by atoms with van der Waals surface area (Å²) in [4.78, 5) is 37.6. The summed E-state index contributed by atoms with van der Waals surface area (Å²) in [7, 11) is 0. The lowest BCUT2D eigenvalue weighted by Crippen LogP contribution is -2.36. The molecule has 2 aromatic rings. The largest absolute Gasteiger partial charge is 0.372 e. The Kier molecular flexibility index (Phi) is 7.06. The molecular formula is C23H28N4O3. The Labute approximate surface area is 176 Å². The second-order valence-corrected chi connectivity index (χ2v) is 7.36. The van der Waals surface area contributed by atoms with E-state index < -0.39 is 11.8 Å². The monoisotopic (exact) mass is 408 g/mol. The van der Waals surface area contributed by atoms with Crippen LogP contribution in [0.15, 0.2) is 42.5 Å². The standard InChI is InChI=1S/C23H28N4O3/c1-3-27-14-4-5-18-15-17(6-11-21(18)27)12-13-24-22(29)23(30)26-20-9-7-19(8-10-20)25-16(2)28/h6-11,15H,3-5,12-14H2,1-2H3,(H,24,29)(H,25,28)(H,26,30). The van der Waals surface area contributed by atoms with Crippen LogP contribution in [0.2, 0.25) is 0 Å². The molecule has 1 aliphatic rings. The molecular weight excluding hydrogens is 380 g/mol. The van der Waals surface area contributed by atoms with Crippen LogP contribution in [0.4, 0.5) is 17.1 Å². The van der Waals surface area contributed by atoms with E-state index in [9.17, 15) is 14.4 Å². The Hall–Kier alpha value is -3.35. The molecule has 0 aliphatic carbocycles. The van der Waals surface area contributed by atoms with E-state index in [-0.39, 0.29) is 5.91 Å². The van der Waals surface area contributed by atoms with E-state index in [1.54, 1.807) is 24.3 Å². The van der Waals surface area contributed by atoms with Gasteiger partial charge in [-0.15, -0.1) is 0 Å². The van der Waals surface area contributed by atoms with E-state index in [0.717, 1.165) is 31.5 Å². The average molecular weight is 409 g/mol. The Morgan fingerprint density at radius 2 is 1.67 bits per heavy atom. The first kappa shape index (κ1) is 21.4. The van der Waals surface area contributed by atoms with Crippen molar-refractivity contribution in [3.8, 4) is 0 Å². The number of hydrogen-bond acceptors (Lipinski definition) is 4. The first-order chi connectivity index (χ1) is 14.5. The Balaban J connectivity index is 1.47. The molecule has 1 heterocycles. The predicted octanol–water partition coefficient (Wildman–Crippen LogP) is 2.71. The Bertz CT molecular complexity index is 925. The quantitative estimate of drug-likeness (QED) is 0.641. The summed E-state index contributed by atoms with van der Waals surface area (Å²) in [6.07, 6.45) is 2.91. The molecule has 0 radical (unpaired) electrons. The molecule has 0 bridgehead atoms. The number of benzene rings is 2. The van der Waals surface area contributed by atoms with E-state index in [1.165, 1.54) is 18.2 Å². The summed E-state index contributed by atoms with van der Waals surface area (Å²) in [5.74, 6) is -1.56. The maximum absolute atomic E-state index is 12.1. The third-order valence-electron chi connectivity index (χ3n) is 5.11. The van der Waals surface area contributed by atoms with Crippen LogP contribution in [0.3, 0.4) is 0 Å². The highest BCUT2D eigenvalue weighted by Crippen LogP contribution is 2.27. The topological polar surface area (TPSA) is 90.5 Å². The van der Waals surface area contributed by atoms with Gasteiger partial charge in [0.15, 0.2) is 0 Å². The molecule has 3 rings (SSSR count). The van der Waals surface area contributed by atoms with E-state index in [4.69, 9.17) is 0 Å². The fraction of sp³-hybridized carbons (Fsp3) is 0.348. The number of rotatable bonds is 6. The smallest absolute Gasteiger partial charge is 0.313 e. The zero-order chi connectivity index (χ0) is 21.5. The van der Waals surface area contributed by atoms with Crippen molar-refractivity contribution in [2.24, 2.45) is 0 Å². The van der Waals surface area contributed by atoms with Gasteiger partial charge in [-0.25, -0.2) is 0 Å². The van der Waals surface area contributed by atoms with Crippen LogP contribution in [0, 0.1) is 0 Å². The van der Waals surface area contributed by atoms with Gasteiger partial charge in [0, 0.05) is 43.6 Å². The van der Waals surface area contributed by atoms with Gasteiger partial charge in [-0.3, -0.25) is 14.4 Å². The summed E-state index contributed by atoms with van der Waals surface area (Å²) in [5, 5.41) is 7.87. The van der Waals surface area contributed by atoms with Gasteiger partial charge in [0.05, 0.1) is 0 Å². The number of carbonyl (C=O) groups is 3. The lowest BCUT2D eigenvalue weighted by Gasteiger charge is -2.30. The van der Waals surface area contributed by atoms with Crippen LogP contribution in [0.25, 0.3) is 0 Å². The fourth-order valence-corrected chi connectivity index (χ4v) is 3.64. The number of hydrogen-bond donors (Lipinski definition) is 3. The lowest BCUT2D eigenvalue weighted by atomic mass is 9.98. The fourth-order valence-electron chi connectivity index (χ4n) is 3.64. The third kappa shape index (κ3) is 5.59. The number of amides is 3. The molecule has 3 N–H and O–H groups in total. The second-order valence-electron chi connectivity index (χ2n) is 7.36. The molecule has 0 fully saturated rings.